The van der Waals surface area contributed by atoms with Gasteiger partial charge in [-0.25, -0.2) is 0 Å². The number of hydrogen-bond donors (Lipinski definition) is 0. The molecular weight excluding hydrogens is 949 g/mol. The zero-order chi connectivity index (χ0) is 50.6. The molecule has 0 aliphatic heterocycles. The van der Waals surface area contributed by atoms with Crippen LogP contribution in [0.3, 0.4) is 0 Å². The Morgan fingerprint density at radius 1 is 0.169 bits per heavy atom. The molecule has 77 heavy (non-hydrogen) atoms. The molecule has 360 valence electrons. The van der Waals surface area contributed by atoms with Crippen LogP contribution in [0.25, 0.3) is 110 Å². The summed E-state index contributed by atoms with van der Waals surface area (Å²) in [4.78, 5) is 0. The highest BCUT2D eigenvalue weighted by Crippen LogP contribution is 2.42. The molecule has 4 heterocycles. The van der Waals surface area contributed by atoms with Gasteiger partial charge in [0.1, 0.15) is 0 Å². The van der Waals surface area contributed by atoms with E-state index < -0.39 is 8.07 Å². The van der Waals surface area contributed by atoms with E-state index in [-0.39, 0.29) is 0 Å². The summed E-state index contributed by atoms with van der Waals surface area (Å²) in [6.45, 7) is 0. The summed E-state index contributed by atoms with van der Waals surface area (Å²) in [7, 11) is -2.69. The highest BCUT2D eigenvalue weighted by Gasteiger charge is 2.41. The first-order valence-electron chi connectivity index (χ1n) is 26.6. The Kier molecular flexibility index (Phi) is 9.62. The summed E-state index contributed by atoms with van der Waals surface area (Å²) in [5, 5.41) is 15.3. The average molecular weight is 997 g/mol. The molecule has 0 N–H and O–H groups in total. The molecule has 0 aliphatic rings. The van der Waals surface area contributed by atoms with Gasteiger partial charge in [0.2, 0.25) is 0 Å². The van der Waals surface area contributed by atoms with Crippen LogP contribution in [0.2, 0.25) is 0 Å². The monoisotopic (exact) mass is 996 g/mol. The Hall–Kier alpha value is -9.94. The predicted molar refractivity (Wildman–Crippen MR) is 327 cm³/mol. The number of aromatic nitrogens is 4. The molecule has 16 aromatic rings. The first-order chi connectivity index (χ1) is 38.2. The van der Waals surface area contributed by atoms with E-state index >= 15 is 0 Å². The van der Waals surface area contributed by atoms with Crippen LogP contribution in [0.5, 0.6) is 0 Å². The molecule has 4 aromatic heterocycles. The fourth-order valence-corrected chi connectivity index (χ4v) is 18.0. The van der Waals surface area contributed by atoms with Crippen LogP contribution in [0, 0.1) is 0 Å². The first-order valence-corrected chi connectivity index (χ1v) is 28.6. The van der Waals surface area contributed by atoms with Gasteiger partial charge in [-0.2, -0.15) is 0 Å². The summed E-state index contributed by atoms with van der Waals surface area (Å²) in [5.74, 6) is 0. The summed E-state index contributed by atoms with van der Waals surface area (Å²) in [6, 6.07) is 108. The lowest BCUT2D eigenvalue weighted by molar-refractivity contribution is 1.16. The minimum Gasteiger partial charge on any atom is -0.309 e. The second-order valence-corrected chi connectivity index (χ2v) is 24.2. The Morgan fingerprint density at radius 2 is 0.429 bits per heavy atom. The van der Waals surface area contributed by atoms with Crippen molar-refractivity contribution in [3.8, 4) is 22.7 Å². The van der Waals surface area contributed by atoms with Crippen molar-refractivity contribution in [2.24, 2.45) is 0 Å². The summed E-state index contributed by atoms with van der Waals surface area (Å²) in [5.41, 5.74) is 14.1. The largest absolute Gasteiger partial charge is 0.309 e. The molecule has 0 radical (unpaired) electrons. The smallest absolute Gasteiger partial charge is 0.179 e. The molecule has 0 fully saturated rings. The van der Waals surface area contributed by atoms with E-state index in [1.54, 1.807) is 0 Å². The van der Waals surface area contributed by atoms with Crippen molar-refractivity contribution in [2.75, 3.05) is 0 Å². The minimum atomic E-state index is -2.69. The van der Waals surface area contributed by atoms with Gasteiger partial charge in [0.05, 0.1) is 44.1 Å². The van der Waals surface area contributed by atoms with Gasteiger partial charge in [-0.1, -0.05) is 194 Å². The molecule has 0 spiro atoms. The number of benzene rings is 12. The number of hydrogen-bond acceptors (Lipinski definition) is 0. The fourth-order valence-electron chi connectivity index (χ4n) is 13.2. The molecule has 12 aromatic carbocycles. The maximum absolute atomic E-state index is 2.69. The molecule has 0 unspecified atom stereocenters. The third kappa shape index (κ3) is 6.38. The maximum Gasteiger partial charge on any atom is 0.179 e. The van der Waals surface area contributed by atoms with E-state index in [4.69, 9.17) is 0 Å². The third-order valence-corrected chi connectivity index (χ3v) is 21.3. The topological polar surface area (TPSA) is 19.7 Å². The van der Waals surface area contributed by atoms with Crippen molar-refractivity contribution in [2.45, 2.75) is 0 Å². The van der Waals surface area contributed by atoms with E-state index in [1.165, 1.54) is 108 Å². The average Bonchev–Trinajstić information content (AvgIpc) is 4.26. The quantitative estimate of drug-likeness (QED) is 0.107. The van der Waals surface area contributed by atoms with Crippen molar-refractivity contribution >= 4 is 116 Å². The fraction of sp³-hybridized carbons (Fsp3) is 0. The molecular formula is C72H48N4Si. The normalized spacial score (nSPS) is 12.2. The van der Waals surface area contributed by atoms with Crippen LogP contribution in [-0.4, -0.2) is 26.3 Å². The summed E-state index contributed by atoms with van der Waals surface area (Å²) in [6.07, 6.45) is 0. The van der Waals surface area contributed by atoms with Crippen molar-refractivity contribution in [3.63, 3.8) is 0 Å². The standard InChI is InChI=1S/C72H48N4Si/c1-5-21-49(22-6-1)74-66-34-18-15-31-59(66)63-48-72-64(47-71(63)74)60-32-16-20-36-68(60)76(72)52-40-44-70-62(46-52)58-30-14-19-35-67(58)75(70)51-39-43-69-61(45-51)57-29-13-17-33-65(57)73(69)50-37-41-56(42-38-50)77(53-23-7-2-8-24-53,54-25-9-3-10-26-54)55-27-11-4-12-28-55/h1-48H. The van der Waals surface area contributed by atoms with Crippen LogP contribution in [0.15, 0.2) is 291 Å². The Balaban J connectivity index is 0.852. The SMILES string of the molecule is c1ccc(-n2c3ccccc3c3cc4c(cc32)c2ccccc2n4-c2ccc3c(c2)c2ccccc2n3-c2ccc3c(c2)c2ccccc2n3-c2ccc([Si](c3ccccc3)(c3ccccc3)c3ccccc3)cc2)cc1. The van der Waals surface area contributed by atoms with E-state index in [0.717, 1.165) is 22.7 Å². The van der Waals surface area contributed by atoms with Gasteiger partial charge in [-0.3, -0.25) is 0 Å². The Labute approximate surface area is 445 Å². The molecule has 0 atom stereocenters. The second-order valence-electron chi connectivity index (χ2n) is 20.4. The molecule has 5 heteroatoms. The van der Waals surface area contributed by atoms with E-state index in [9.17, 15) is 0 Å². The molecule has 0 bridgehead atoms. The first kappa shape index (κ1) is 43.5. The van der Waals surface area contributed by atoms with Crippen molar-refractivity contribution in [1.82, 2.24) is 18.3 Å². The van der Waals surface area contributed by atoms with Gasteiger partial charge in [0, 0.05) is 65.8 Å². The summed E-state index contributed by atoms with van der Waals surface area (Å²) < 4.78 is 9.81. The molecule has 16 rings (SSSR count). The Morgan fingerprint density at radius 3 is 0.831 bits per heavy atom. The predicted octanol–water partition coefficient (Wildman–Crippen LogP) is 15.5. The highest BCUT2D eigenvalue weighted by molar-refractivity contribution is 7.19. The number of nitrogens with zero attached hydrogens (tertiary/aromatic N) is 4. The van der Waals surface area contributed by atoms with Crippen molar-refractivity contribution in [1.29, 1.82) is 0 Å². The van der Waals surface area contributed by atoms with Gasteiger partial charge < -0.3 is 18.3 Å². The van der Waals surface area contributed by atoms with Crippen LogP contribution < -0.4 is 20.7 Å². The van der Waals surface area contributed by atoms with Crippen molar-refractivity contribution in [3.05, 3.63) is 291 Å². The van der Waals surface area contributed by atoms with E-state index in [1.807, 2.05) is 0 Å². The highest BCUT2D eigenvalue weighted by atomic mass is 28.3. The zero-order valence-corrected chi connectivity index (χ0v) is 43.0. The summed E-state index contributed by atoms with van der Waals surface area (Å²) >= 11 is 0. The third-order valence-electron chi connectivity index (χ3n) is 16.5. The lowest BCUT2D eigenvalue weighted by Gasteiger charge is -2.34. The van der Waals surface area contributed by atoms with Gasteiger partial charge in [-0.15, -0.1) is 0 Å². The van der Waals surface area contributed by atoms with E-state index in [0.29, 0.717) is 0 Å². The van der Waals surface area contributed by atoms with Crippen LogP contribution in [0.1, 0.15) is 0 Å². The molecule has 0 aliphatic carbocycles. The maximum atomic E-state index is 2.48. The lowest BCUT2D eigenvalue weighted by Crippen LogP contribution is -2.74. The van der Waals surface area contributed by atoms with Gasteiger partial charge >= 0.3 is 0 Å². The minimum absolute atomic E-state index is 1.13. The Bertz CT molecular complexity index is 4850. The van der Waals surface area contributed by atoms with Gasteiger partial charge in [-0.05, 0) is 118 Å². The lowest BCUT2D eigenvalue weighted by atomic mass is 10.1. The van der Waals surface area contributed by atoms with Crippen LogP contribution >= 0.6 is 0 Å². The number of rotatable bonds is 8. The number of para-hydroxylation sites is 5. The zero-order valence-electron chi connectivity index (χ0n) is 42.0. The van der Waals surface area contributed by atoms with Crippen LogP contribution in [-0.2, 0) is 0 Å². The van der Waals surface area contributed by atoms with Crippen LogP contribution in [0.4, 0.5) is 0 Å². The van der Waals surface area contributed by atoms with Crippen molar-refractivity contribution < 1.29 is 0 Å². The van der Waals surface area contributed by atoms with Gasteiger partial charge in [0.25, 0.3) is 0 Å². The van der Waals surface area contributed by atoms with E-state index in [2.05, 4.69) is 309 Å². The molecule has 0 saturated carbocycles. The second kappa shape index (κ2) is 17.0. The molecule has 4 nitrogen and oxygen atoms in total. The number of fused-ring (bicyclic) bond motifs is 12. The van der Waals surface area contributed by atoms with Gasteiger partial charge in [0.15, 0.2) is 8.07 Å². The molecule has 0 saturated heterocycles. The molecule has 0 amide bonds.